The summed E-state index contributed by atoms with van der Waals surface area (Å²) in [5, 5.41) is 6.94. The molecule has 1 saturated heterocycles. The third kappa shape index (κ3) is 5.25. The molecule has 1 aromatic heterocycles. The summed E-state index contributed by atoms with van der Waals surface area (Å²) in [7, 11) is 1.83. The number of aliphatic imine (C=N–C) groups is 1. The summed E-state index contributed by atoms with van der Waals surface area (Å²) in [5.74, 6) is 1.39. The van der Waals surface area contributed by atoms with Gasteiger partial charge in [-0.05, 0) is 36.8 Å². The van der Waals surface area contributed by atoms with Crippen molar-refractivity contribution in [2.45, 2.75) is 52.7 Å². The fraction of sp³-hybridized carbons (Fsp3) is 0.636. The Morgan fingerprint density at radius 1 is 1.29 bits per heavy atom. The Kier molecular flexibility index (Phi) is 6.94. The SMILES string of the molecule is CN=C(NCCCn1cnc2ccccc21)NCC1CCCOC1C(C)(C)C. The number of nitrogens with one attached hydrogen (secondary N) is 2. The summed E-state index contributed by atoms with van der Waals surface area (Å²) >= 11 is 0. The van der Waals surface area contributed by atoms with Gasteiger partial charge in [0, 0.05) is 39.2 Å². The molecule has 3 rings (SSSR count). The first-order valence-electron chi connectivity index (χ1n) is 10.4. The number of nitrogens with zero attached hydrogens (tertiary/aromatic N) is 3. The molecule has 0 aliphatic carbocycles. The van der Waals surface area contributed by atoms with Gasteiger partial charge in [0.15, 0.2) is 5.96 Å². The minimum Gasteiger partial charge on any atom is -0.377 e. The van der Waals surface area contributed by atoms with Crippen LogP contribution in [-0.4, -0.2) is 48.4 Å². The molecule has 2 N–H and O–H groups in total. The van der Waals surface area contributed by atoms with Crippen molar-refractivity contribution in [3.63, 3.8) is 0 Å². The third-order valence-corrected chi connectivity index (χ3v) is 5.45. The molecular formula is C22H35N5O. The molecule has 28 heavy (non-hydrogen) atoms. The third-order valence-electron chi connectivity index (χ3n) is 5.45. The molecule has 2 unspecified atom stereocenters. The van der Waals surface area contributed by atoms with Gasteiger partial charge in [0.2, 0.25) is 0 Å². The number of fused-ring (bicyclic) bond motifs is 1. The molecule has 0 bridgehead atoms. The van der Waals surface area contributed by atoms with Crippen molar-refractivity contribution in [2.24, 2.45) is 16.3 Å². The van der Waals surface area contributed by atoms with Gasteiger partial charge in [-0.3, -0.25) is 4.99 Å². The highest BCUT2D eigenvalue weighted by Gasteiger charge is 2.35. The smallest absolute Gasteiger partial charge is 0.190 e. The minimum atomic E-state index is 0.164. The second-order valence-electron chi connectivity index (χ2n) is 8.72. The predicted molar refractivity (Wildman–Crippen MR) is 116 cm³/mol. The highest BCUT2D eigenvalue weighted by molar-refractivity contribution is 5.79. The number of aromatic nitrogens is 2. The molecule has 1 fully saturated rings. The molecule has 2 heterocycles. The van der Waals surface area contributed by atoms with Gasteiger partial charge in [-0.1, -0.05) is 32.9 Å². The van der Waals surface area contributed by atoms with Crippen LogP contribution >= 0.6 is 0 Å². The summed E-state index contributed by atoms with van der Waals surface area (Å²) in [6.45, 7) is 10.4. The van der Waals surface area contributed by atoms with Gasteiger partial charge in [0.1, 0.15) is 0 Å². The number of hydrogen-bond acceptors (Lipinski definition) is 3. The number of imidazole rings is 1. The van der Waals surface area contributed by atoms with Crippen molar-refractivity contribution in [1.82, 2.24) is 20.2 Å². The van der Waals surface area contributed by atoms with Gasteiger partial charge in [-0.25, -0.2) is 4.98 Å². The Balaban J connectivity index is 1.43. The van der Waals surface area contributed by atoms with Crippen molar-refractivity contribution < 1.29 is 4.74 Å². The lowest BCUT2D eigenvalue weighted by molar-refractivity contribution is -0.0835. The molecule has 0 radical (unpaired) electrons. The molecular weight excluding hydrogens is 350 g/mol. The normalized spacial score (nSPS) is 21.1. The maximum Gasteiger partial charge on any atom is 0.190 e. The van der Waals surface area contributed by atoms with Gasteiger partial charge in [-0.15, -0.1) is 0 Å². The van der Waals surface area contributed by atoms with E-state index in [1.54, 1.807) is 0 Å². The van der Waals surface area contributed by atoms with Gasteiger partial charge >= 0.3 is 0 Å². The van der Waals surface area contributed by atoms with Crippen LogP contribution in [0.25, 0.3) is 11.0 Å². The monoisotopic (exact) mass is 385 g/mol. The van der Waals surface area contributed by atoms with Gasteiger partial charge in [-0.2, -0.15) is 0 Å². The molecule has 6 heteroatoms. The highest BCUT2D eigenvalue weighted by atomic mass is 16.5. The van der Waals surface area contributed by atoms with E-state index in [0.717, 1.165) is 50.6 Å². The van der Waals surface area contributed by atoms with E-state index in [0.29, 0.717) is 12.0 Å². The number of hydrogen-bond donors (Lipinski definition) is 2. The van der Waals surface area contributed by atoms with Gasteiger partial charge < -0.3 is 19.9 Å². The fourth-order valence-electron chi connectivity index (χ4n) is 4.10. The maximum absolute atomic E-state index is 6.09. The van der Waals surface area contributed by atoms with Crippen molar-refractivity contribution >= 4 is 17.0 Å². The van der Waals surface area contributed by atoms with Gasteiger partial charge in [0.05, 0.1) is 23.5 Å². The van der Waals surface area contributed by atoms with Gasteiger partial charge in [0.25, 0.3) is 0 Å². The lowest BCUT2D eigenvalue weighted by Gasteiger charge is -2.40. The van der Waals surface area contributed by atoms with Crippen LogP contribution in [0, 0.1) is 11.3 Å². The first-order valence-corrected chi connectivity index (χ1v) is 10.4. The zero-order valence-corrected chi connectivity index (χ0v) is 17.7. The molecule has 154 valence electrons. The topological polar surface area (TPSA) is 63.5 Å². The molecule has 1 aromatic carbocycles. The summed E-state index contributed by atoms with van der Waals surface area (Å²) in [6.07, 6.45) is 5.58. The van der Waals surface area contributed by atoms with E-state index in [9.17, 15) is 0 Å². The van der Waals surface area contributed by atoms with Crippen molar-refractivity contribution in [3.8, 4) is 0 Å². The second kappa shape index (κ2) is 9.41. The van der Waals surface area contributed by atoms with Crippen LogP contribution in [0.4, 0.5) is 0 Å². The lowest BCUT2D eigenvalue weighted by atomic mass is 9.78. The van der Waals surface area contributed by atoms with E-state index in [1.165, 1.54) is 11.9 Å². The Labute approximate surface area is 168 Å². The first-order chi connectivity index (χ1) is 13.5. The number of aryl methyl sites for hydroxylation is 1. The maximum atomic E-state index is 6.09. The van der Waals surface area contributed by atoms with Crippen LogP contribution in [0.15, 0.2) is 35.6 Å². The van der Waals surface area contributed by atoms with E-state index < -0.39 is 0 Å². The predicted octanol–water partition coefficient (Wildman–Crippen LogP) is 3.43. The van der Waals surface area contributed by atoms with E-state index in [4.69, 9.17) is 4.74 Å². The molecule has 0 spiro atoms. The number of rotatable bonds is 6. The number of para-hydroxylation sites is 2. The molecule has 0 amide bonds. The Hall–Kier alpha value is -2.08. The van der Waals surface area contributed by atoms with Crippen LogP contribution in [-0.2, 0) is 11.3 Å². The molecule has 0 saturated carbocycles. The van der Waals surface area contributed by atoms with Crippen LogP contribution in [0.2, 0.25) is 0 Å². The van der Waals surface area contributed by atoms with E-state index in [1.807, 2.05) is 19.4 Å². The lowest BCUT2D eigenvalue weighted by Crippen LogP contribution is -2.47. The molecule has 2 atom stereocenters. The quantitative estimate of drug-likeness (QED) is 0.454. The second-order valence-corrected chi connectivity index (χ2v) is 8.72. The van der Waals surface area contributed by atoms with E-state index in [-0.39, 0.29) is 5.41 Å². The highest BCUT2D eigenvalue weighted by Crippen LogP contribution is 2.33. The largest absolute Gasteiger partial charge is 0.377 e. The minimum absolute atomic E-state index is 0.164. The fourth-order valence-corrected chi connectivity index (χ4v) is 4.10. The van der Waals surface area contributed by atoms with Crippen LogP contribution in [0.5, 0.6) is 0 Å². The zero-order valence-electron chi connectivity index (χ0n) is 17.7. The Morgan fingerprint density at radius 3 is 2.89 bits per heavy atom. The van der Waals surface area contributed by atoms with Crippen molar-refractivity contribution in [1.29, 1.82) is 0 Å². The number of guanidine groups is 1. The summed E-state index contributed by atoms with van der Waals surface area (Å²) in [4.78, 5) is 8.83. The summed E-state index contributed by atoms with van der Waals surface area (Å²) in [5.41, 5.74) is 2.41. The summed E-state index contributed by atoms with van der Waals surface area (Å²) < 4.78 is 8.30. The van der Waals surface area contributed by atoms with Crippen LogP contribution in [0.3, 0.4) is 0 Å². The number of benzene rings is 1. The Bertz CT molecular complexity index is 777. The zero-order chi connectivity index (χ0) is 20.0. The van der Waals surface area contributed by atoms with E-state index in [2.05, 4.69) is 64.1 Å². The standard InChI is InChI=1S/C22H35N5O/c1-22(2,3)20-17(9-7-14-28-20)15-25-21(23-4)24-12-8-13-27-16-26-18-10-5-6-11-19(18)27/h5-6,10-11,16-17,20H,7-9,12-15H2,1-4H3,(H2,23,24,25). The molecule has 2 aromatic rings. The van der Waals surface area contributed by atoms with Crippen LogP contribution < -0.4 is 10.6 Å². The molecule has 6 nitrogen and oxygen atoms in total. The summed E-state index contributed by atoms with van der Waals surface area (Å²) in [6, 6.07) is 8.26. The molecule has 1 aliphatic rings. The van der Waals surface area contributed by atoms with Crippen molar-refractivity contribution in [3.05, 3.63) is 30.6 Å². The average Bonchev–Trinajstić information content (AvgIpc) is 3.10. The Morgan fingerprint density at radius 2 is 2.11 bits per heavy atom. The van der Waals surface area contributed by atoms with E-state index >= 15 is 0 Å². The first kappa shape index (κ1) is 20.6. The molecule has 1 aliphatic heterocycles. The van der Waals surface area contributed by atoms with Crippen molar-refractivity contribution in [2.75, 3.05) is 26.7 Å². The average molecular weight is 386 g/mol. The van der Waals surface area contributed by atoms with Crippen LogP contribution in [0.1, 0.15) is 40.0 Å². The number of ether oxygens (including phenoxy) is 1.